The molecule has 1 rings (SSSR count). The first-order valence-electron chi connectivity index (χ1n) is 3.13. The van der Waals surface area contributed by atoms with Gasteiger partial charge in [-0.05, 0) is 0 Å². The van der Waals surface area contributed by atoms with Gasteiger partial charge in [0.05, 0.1) is 0 Å². The van der Waals surface area contributed by atoms with Crippen molar-refractivity contribution in [1.82, 2.24) is 9.97 Å². The van der Waals surface area contributed by atoms with E-state index in [1.165, 1.54) is 6.07 Å². The summed E-state index contributed by atoms with van der Waals surface area (Å²) in [7, 11) is 0. The quantitative estimate of drug-likeness (QED) is 0.605. The number of nitrogens with zero attached hydrogens (tertiary/aromatic N) is 2. The molecule has 0 bridgehead atoms. The molecule has 1 heterocycles. The van der Waals surface area contributed by atoms with Crippen molar-refractivity contribution in [2.24, 2.45) is 0 Å². The van der Waals surface area contributed by atoms with Gasteiger partial charge in [0.25, 0.3) is 5.91 Å². The van der Waals surface area contributed by atoms with Gasteiger partial charge >= 0.3 is 5.69 Å². The number of nitrogens with one attached hydrogen (secondary N) is 1. The van der Waals surface area contributed by atoms with E-state index in [2.05, 4.69) is 9.97 Å². The number of aromatic nitrogens is 2. The number of carbonyl (C=O) groups is 1. The predicted molar refractivity (Wildman–Crippen MR) is 39.1 cm³/mol. The highest BCUT2D eigenvalue weighted by Crippen LogP contribution is 2.06. The van der Waals surface area contributed by atoms with Gasteiger partial charge in [-0.25, -0.2) is 9.78 Å². The molecular formula is C6H6FN3O2. The Morgan fingerprint density at radius 3 is 2.92 bits per heavy atom. The second-order valence-corrected chi connectivity index (χ2v) is 2.06. The van der Waals surface area contributed by atoms with Gasteiger partial charge in [-0.15, -0.1) is 5.12 Å². The Bertz CT molecular complexity index is 349. The van der Waals surface area contributed by atoms with E-state index in [1.807, 2.05) is 0 Å². The van der Waals surface area contributed by atoms with Gasteiger partial charge in [0.15, 0.2) is 0 Å². The number of hydrogen-bond donors (Lipinski definition) is 1. The summed E-state index contributed by atoms with van der Waals surface area (Å²) < 4.78 is 12.7. The maximum Gasteiger partial charge on any atom is 0.346 e. The zero-order chi connectivity index (χ0) is 9.14. The molecule has 0 unspecified atom stereocenters. The Morgan fingerprint density at radius 1 is 1.75 bits per heavy atom. The van der Waals surface area contributed by atoms with Gasteiger partial charge in [-0.1, -0.05) is 4.48 Å². The van der Waals surface area contributed by atoms with Crippen molar-refractivity contribution in [1.29, 1.82) is 0 Å². The lowest BCUT2D eigenvalue weighted by molar-refractivity contribution is -0.119. The molecule has 0 spiro atoms. The monoisotopic (exact) mass is 171 g/mol. The molecule has 0 saturated carbocycles. The van der Waals surface area contributed by atoms with Gasteiger partial charge < -0.3 is 0 Å². The third-order valence-electron chi connectivity index (χ3n) is 1.15. The van der Waals surface area contributed by atoms with E-state index in [4.69, 9.17) is 0 Å². The molecule has 0 aliphatic heterocycles. The molecular weight excluding hydrogens is 165 g/mol. The summed E-state index contributed by atoms with van der Waals surface area (Å²) >= 11 is 0. The lowest BCUT2D eigenvalue weighted by atomic mass is 10.5. The second-order valence-electron chi connectivity index (χ2n) is 2.06. The van der Waals surface area contributed by atoms with Crippen molar-refractivity contribution in [3.8, 4) is 0 Å². The molecule has 1 aromatic rings. The van der Waals surface area contributed by atoms with Gasteiger partial charge in [0.2, 0.25) is 0 Å². The molecule has 1 aromatic heterocycles. The van der Waals surface area contributed by atoms with E-state index in [0.717, 1.165) is 13.1 Å². The maximum absolute atomic E-state index is 12.7. The highest BCUT2D eigenvalue weighted by Gasteiger charge is 2.09. The average molecular weight is 171 g/mol. The molecule has 64 valence electrons. The van der Waals surface area contributed by atoms with E-state index >= 15 is 0 Å². The van der Waals surface area contributed by atoms with Crippen LogP contribution in [0.3, 0.4) is 0 Å². The fraction of sp³-hybridized carbons (Fsp3) is 0.167. The van der Waals surface area contributed by atoms with E-state index in [-0.39, 0.29) is 10.9 Å². The summed E-state index contributed by atoms with van der Waals surface area (Å²) in [6, 6.07) is 1.18. The first-order chi connectivity index (χ1) is 5.61. The summed E-state index contributed by atoms with van der Waals surface area (Å²) in [4.78, 5) is 26.3. The average Bonchev–Trinajstić information content (AvgIpc) is 2.03. The van der Waals surface area contributed by atoms with Crippen LogP contribution in [0.4, 0.5) is 10.3 Å². The lowest BCUT2D eigenvalue weighted by Gasteiger charge is -2.06. The molecule has 5 nitrogen and oxygen atoms in total. The van der Waals surface area contributed by atoms with E-state index in [9.17, 15) is 14.1 Å². The normalized spacial score (nSPS) is 9.50. The van der Waals surface area contributed by atoms with Crippen molar-refractivity contribution in [3.63, 3.8) is 0 Å². The zero-order valence-electron chi connectivity index (χ0n) is 6.24. The Morgan fingerprint density at radius 2 is 2.42 bits per heavy atom. The molecule has 12 heavy (non-hydrogen) atoms. The molecule has 0 aliphatic rings. The predicted octanol–water partition coefficient (Wildman–Crippen LogP) is 0.00730. The van der Waals surface area contributed by atoms with E-state index < -0.39 is 11.6 Å². The Kier molecular flexibility index (Phi) is 2.18. The lowest BCUT2D eigenvalue weighted by Crippen LogP contribution is -2.22. The summed E-state index contributed by atoms with van der Waals surface area (Å²) in [6.45, 7) is 1.04. The van der Waals surface area contributed by atoms with Crippen molar-refractivity contribution < 1.29 is 9.28 Å². The van der Waals surface area contributed by atoms with Gasteiger partial charge in [-0.3, -0.25) is 9.78 Å². The SMILES string of the molecule is CC(=O)N(F)c1ccnc(=O)[nH]1. The highest BCUT2D eigenvalue weighted by atomic mass is 19.2. The molecule has 0 aromatic carbocycles. The Hall–Kier alpha value is -1.72. The number of rotatable bonds is 1. The Balaban J connectivity index is 3.03. The molecule has 0 aliphatic carbocycles. The van der Waals surface area contributed by atoms with Crippen LogP contribution in [-0.2, 0) is 4.79 Å². The number of halogens is 1. The van der Waals surface area contributed by atoms with Crippen molar-refractivity contribution >= 4 is 11.7 Å². The molecule has 1 N–H and O–H groups in total. The summed E-state index contributed by atoms with van der Waals surface area (Å²) in [5.41, 5.74) is -0.698. The standard InChI is InChI=1S/C6H6FN3O2/c1-4(11)10(7)5-2-3-8-6(12)9-5/h2-3H,1H3,(H,8,9,12). The van der Waals surface area contributed by atoms with Crippen LogP contribution in [0.2, 0.25) is 0 Å². The van der Waals surface area contributed by atoms with Crippen molar-refractivity contribution in [2.75, 3.05) is 5.12 Å². The number of anilines is 1. The van der Waals surface area contributed by atoms with E-state index in [0.29, 0.717) is 0 Å². The minimum Gasteiger partial charge on any atom is -0.290 e. The third kappa shape index (κ3) is 1.66. The molecule has 0 radical (unpaired) electrons. The fourth-order valence-electron chi connectivity index (χ4n) is 0.643. The highest BCUT2D eigenvalue weighted by molar-refractivity contribution is 5.87. The summed E-state index contributed by atoms with van der Waals surface area (Å²) in [5.74, 6) is -1.03. The van der Waals surface area contributed by atoms with Crippen molar-refractivity contribution in [3.05, 3.63) is 22.7 Å². The van der Waals surface area contributed by atoms with E-state index in [1.54, 1.807) is 0 Å². The van der Waals surface area contributed by atoms with Crippen LogP contribution in [-0.4, -0.2) is 15.9 Å². The Labute approximate surface area is 66.8 Å². The second kappa shape index (κ2) is 3.12. The van der Waals surface area contributed by atoms with Gasteiger partial charge in [0, 0.05) is 19.2 Å². The number of amides is 1. The minimum absolute atomic E-state index is 0.164. The number of aromatic amines is 1. The number of H-pyrrole nitrogens is 1. The summed E-state index contributed by atoms with van der Waals surface area (Å²) in [5, 5.41) is -0.164. The van der Waals surface area contributed by atoms with Crippen LogP contribution >= 0.6 is 0 Å². The van der Waals surface area contributed by atoms with Crippen molar-refractivity contribution in [2.45, 2.75) is 6.92 Å². The number of carbonyl (C=O) groups excluding carboxylic acids is 1. The summed E-state index contributed by atoms with van der Waals surface area (Å²) in [6.07, 6.45) is 1.11. The van der Waals surface area contributed by atoms with Crippen LogP contribution in [0.15, 0.2) is 17.1 Å². The van der Waals surface area contributed by atoms with Crippen LogP contribution < -0.4 is 10.8 Å². The fourth-order valence-corrected chi connectivity index (χ4v) is 0.643. The largest absolute Gasteiger partial charge is 0.346 e. The zero-order valence-corrected chi connectivity index (χ0v) is 6.24. The molecule has 1 amide bonds. The van der Waals surface area contributed by atoms with Crippen LogP contribution in [0.25, 0.3) is 0 Å². The van der Waals surface area contributed by atoms with Crippen LogP contribution in [0, 0.1) is 0 Å². The van der Waals surface area contributed by atoms with Crippen LogP contribution in [0.1, 0.15) is 6.92 Å². The topological polar surface area (TPSA) is 66.1 Å². The molecule has 0 saturated heterocycles. The smallest absolute Gasteiger partial charge is 0.290 e. The maximum atomic E-state index is 12.7. The molecule has 0 fully saturated rings. The first kappa shape index (κ1) is 8.38. The first-order valence-corrected chi connectivity index (χ1v) is 3.13. The third-order valence-corrected chi connectivity index (χ3v) is 1.15. The minimum atomic E-state index is -0.808. The molecule has 6 heteroatoms. The number of hydrogen-bond acceptors (Lipinski definition) is 3. The molecule has 0 atom stereocenters. The van der Waals surface area contributed by atoms with Gasteiger partial charge in [0.1, 0.15) is 5.82 Å². The van der Waals surface area contributed by atoms with Gasteiger partial charge in [-0.2, -0.15) is 0 Å². The van der Waals surface area contributed by atoms with Crippen LogP contribution in [0.5, 0.6) is 0 Å².